The summed E-state index contributed by atoms with van der Waals surface area (Å²) < 4.78 is 53.6. The predicted molar refractivity (Wildman–Crippen MR) is 75.3 cm³/mol. The Balaban J connectivity index is 2.24. The van der Waals surface area contributed by atoms with Crippen molar-refractivity contribution < 1.29 is 17.2 Å². The van der Waals surface area contributed by atoms with Gasteiger partial charge >= 0.3 is 0 Å². The summed E-state index contributed by atoms with van der Waals surface area (Å²) in [5.74, 6) is -2.05. The lowest BCUT2D eigenvalue weighted by Gasteiger charge is -2.21. The number of nitrogens with zero attached hydrogens (tertiary/aromatic N) is 3. The van der Waals surface area contributed by atoms with Gasteiger partial charge in [-0.25, -0.2) is 21.9 Å². The molecule has 0 saturated heterocycles. The first-order chi connectivity index (χ1) is 10.3. The molecule has 2 rings (SSSR count). The summed E-state index contributed by atoms with van der Waals surface area (Å²) in [5, 5.41) is 7.83. The largest absolute Gasteiger partial charge is 0.243 e. The molecule has 1 aromatic carbocycles. The monoisotopic (exact) mass is 330 g/mol. The average molecular weight is 330 g/mol. The first kappa shape index (κ1) is 16.5. The molecular weight excluding hydrogens is 314 g/mol. The number of halogens is 2. The van der Waals surface area contributed by atoms with Gasteiger partial charge in [-0.3, -0.25) is 0 Å². The smallest absolute Gasteiger partial charge is 0.207 e. The zero-order chi connectivity index (χ0) is 16.3. The highest BCUT2D eigenvalue weighted by Crippen LogP contribution is 2.17. The summed E-state index contributed by atoms with van der Waals surface area (Å²) in [6.45, 7) is 3.84. The molecule has 22 heavy (non-hydrogen) atoms. The molecule has 1 heterocycles. The number of nitrogens with one attached hydrogen (secondary N) is 1. The van der Waals surface area contributed by atoms with Crippen molar-refractivity contribution in [1.29, 1.82) is 0 Å². The summed E-state index contributed by atoms with van der Waals surface area (Å²) in [5.41, 5.74) is 0. The molecule has 0 bridgehead atoms. The van der Waals surface area contributed by atoms with Crippen molar-refractivity contribution >= 4 is 10.0 Å². The molecular formula is C13H16F2N4O2S. The fourth-order valence-electron chi connectivity index (χ4n) is 1.85. The third-order valence-electron chi connectivity index (χ3n) is 3.12. The number of aromatic nitrogens is 3. The van der Waals surface area contributed by atoms with Crippen molar-refractivity contribution in [2.75, 3.05) is 0 Å². The van der Waals surface area contributed by atoms with Crippen LogP contribution in [0, 0.1) is 17.6 Å². The van der Waals surface area contributed by atoms with Gasteiger partial charge in [-0.05, 0) is 18.1 Å². The Morgan fingerprint density at radius 1 is 1.23 bits per heavy atom. The molecule has 0 aliphatic carbocycles. The molecule has 0 fully saturated rings. The maximum atomic E-state index is 13.7. The summed E-state index contributed by atoms with van der Waals surface area (Å²) in [4.78, 5) is 0.752. The topological polar surface area (TPSA) is 76.9 Å². The number of hydrogen-bond acceptors (Lipinski definition) is 4. The second kappa shape index (κ2) is 6.49. The average Bonchev–Trinajstić information content (AvgIpc) is 2.90. The quantitative estimate of drug-likeness (QED) is 0.872. The summed E-state index contributed by atoms with van der Waals surface area (Å²) in [6, 6.07) is 1.79. The molecule has 0 aliphatic rings. The molecule has 0 radical (unpaired) electrons. The molecule has 1 N–H and O–H groups in total. The van der Waals surface area contributed by atoms with Crippen LogP contribution in [0.2, 0.25) is 0 Å². The molecule has 9 heteroatoms. The van der Waals surface area contributed by atoms with Crippen molar-refractivity contribution in [3.63, 3.8) is 0 Å². The first-order valence-electron chi connectivity index (χ1n) is 6.61. The van der Waals surface area contributed by atoms with Crippen LogP contribution in [-0.2, 0) is 16.6 Å². The molecule has 2 aromatic rings. The summed E-state index contributed by atoms with van der Waals surface area (Å²) >= 11 is 0. The van der Waals surface area contributed by atoms with Crippen molar-refractivity contribution in [2.24, 2.45) is 5.92 Å². The molecule has 120 valence electrons. The second-order valence-corrected chi connectivity index (χ2v) is 6.81. The van der Waals surface area contributed by atoms with E-state index >= 15 is 0 Å². The molecule has 1 unspecified atom stereocenters. The molecule has 0 spiro atoms. The van der Waals surface area contributed by atoms with E-state index in [9.17, 15) is 17.2 Å². The molecule has 1 atom stereocenters. The van der Waals surface area contributed by atoms with E-state index in [0.29, 0.717) is 6.07 Å². The van der Waals surface area contributed by atoms with Gasteiger partial charge in [0.25, 0.3) is 0 Å². The maximum absolute atomic E-state index is 13.7. The van der Waals surface area contributed by atoms with E-state index in [4.69, 9.17) is 0 Å². The Kier molecular flexibility index (Phi) is 4.87. The molecule has 6 nitrogen and oxygen atoms in total. The van der Waals surface area contributed by atoms with E-state index < -0.39 is 32.6 Å². The van der Waals surface area contributed by atoms with Crippen molar-refractivity contribution in [3.05, 3.63) is 42.2 Å². The number of benzene rings is 1. The van der Waals surface area contributed by atoms with Gasteiger partial charge in [-0.15, -0.1) is 0 Å². The lowest BCUT2D eigenvalue weighted by molar-refractivity contribution is 0.361. The van der Waals surface area contributed by atoms with Gasteiger partial charge in [0.2, 0.25) is 10.0 Å². The Labute approximate surface area is 127 Å². The minimum atomic E-state index is -4.12. The lowest BCUT2D eigenvalue weighted by atomic mass is 10.1. The highest BCUT2D eigenvalue weighted by Gasteiger charge is 2.26. The van der Waals surface area contributed by atoms with E-state index in [2.05, 4.69) is 14.9 Å². The number of rotatable bonds is 6. The number of sulfonamides is 1. The van der Waals surface area contributed by atoms with Crippen LogP contribution in [0.4, 0.5) is 8.78 Å². The van der Waals surface area contributed by atoms with E-state index in [1.807, 2.05) is 13.8 Å². The van der Waals surface area contributed by atoms with E-state index in [1.165, 1.54) is 17.2 Å². The highest BCUT2D eigenvalue weighted by molar-refractivity contribution is 7.89. The van der Waals surface area contributed by atoms with E-state index in [0.717, 1.165) is 12.1 Å². The van der Waals surface area contributed by atoms with Gasteiger partial charge in [-0.1, -0.05) is 13.8 Å². The van der Waals surface area contributed by atoms with Gasteiger partial charge in [0.15, 0.2) is 0 Å². The normalized spacial score (nSPS) is 13.5. The molecule has 0 saturated carbocycles. The van der Waals surface area contributed by atoms with Crippen molar-refractivity contribution in [2.45, 2.75) is 31.3 Å². The predicted octanol–water partition coefficient (Wildman–Crippen LogP) is 1.56. The minimum Gasteiger partial charge on any atom is -0.207 e. The third kappa shape index (κ3) is 3.86. The minimum absolute atomic E-state index is 0.0794. The van der Waals surface area contributed by atoms with Crippen LogP contribution in [0.3, 0.4) is 0 Å². The zero-order valence-corrected chi connectivity index (χ0v) is 12.9. The van der Waals surface area contributed by atoms with Crippen LogP contribution < -0.4 is 4.72 Å². The molecule has 1 aromatic heterocycles. The standard InChI is InChI=1S/C13H16F2N4O2S/c1-9(2)12(8-19-16-5-6-17-19)18-22(20,21)13-4-3-10(14)7-11(13)15/h3-7,9,12,18H,8H2,1-2H3. The Morgan fingerprint density at radius 2 is 1.86 bits per heavy atom. The fourth-order valence-corrected chi connectivity index (χ4v) is 3.29. The summed E-state index contributed by atoms with van der Waals surface area (Å²) in [6.07, 6.45) is 2.96. The van der Waals surface area contributed by atoms with Gasteiger partial charge in [0.1, 0.15) is 16.5 Å². The van der Waals surface area contributed by atoms with Crippen LogP contribution in [0.25, 0.3) is 0 Å². The van der Waals surface area contributed by atoms with Crippen LogP contribution in [0.1, 0.15) is 13.8 Å². The Bertz CT molecular complexity index is 733. The number of hydrogen-bond donors (Lipinski definition) is 1. The fraction of sp³-hybridized carbons (Fsp3) is 0.385. The van der Waals surface area contributed by atoms with Gasteiger partial charge in [0.05, 0.1) is 18.9 Å². The lowest BCUT2D eigenvalue weighted by Crippen LogP contribution is -2.42. The first-order valence-corrected chi connectivity index (χ1v) is 8.09. The zero-order valence-electron chi connectivity index (χ0n) is 12.1. The van der Waals surface area contributed by atoms with Gasteiger partial charge in [-0.2, -0.15) is 15.0 Å². The Hall–Kier alpha value is -1.87. The SMILES string of the molecule is CC(C)C(Cn1nccn1)NS(=O)(=O)c1ccc(F)cc1F. The van der Waals surface area contributed by atoms with Gasteiger partial charge < -0.3 is 0 Å². The van der Waals surface area contributed by atoms with Crippen molar-refractivity contribution in [1.82, 2.24) is 19.7 Å². The van der Waals surface area contributed by atoms with Crippen LogP contribution in [0.5, 0.6) is 0 Å². The Morgan fingerprint density at radius 3 is 2.41 bits per heavy atom. The van der Waals surface area contributed by atoms with Crippen molar-refractivity contribution in [3.8, 4) is 0 Å². The molecule has 0 amide bonds. The highest BCUT2D eigenvalue weighted by atomic mass is 32.2. The van der Waals surface area contributed by atoms with Gasteiger partial charge in [0, 0.05) is 12.1 Å². The summed E-state index contributed by atoms with van der Waals surface area (Å²) in [7, 11) is -4.12. The molecule has 0 aliphatic heterocycles. The van der Waals surface area contributed by atoms with Crippen LogP contribution >= 0.6 is 0 Å². The maximum Gasteiger partial charge on any atom is 0.243 e. The van der Waals surface area contributed by atoms with Crippen LogP contribution in [-0.4, -0.2) is 29.5 Å². The van der Waals surface area contributed by atoms with Crippen LogP contribution in [0.15, 0.2) is 35.5 Å². The van der Waals surface area contributed by atoms with E-state index in [-0.39, 0.29) is 12.5 Å². The second-order valence-electron chi connectivity index (χ2n) is 5.13. The third-order valence-corrected chi connectivity index (χ3v) is 4.64. The van der Waals surface area contributed by atoms with E-state index in [1.54, 1.807) is 0 Å².